The summed E-state index contributed by atoms with van der Waals surface area (Å²) in [7, 11) is 3.92. The van der Waals surface area contributed by atoms with Crippen molar-refractivity contribution in [2.75, 3.05) is 33.7 Å². The molecule has 0 unspecified atom stereocenters. The van der Waals surface area contributed by atoms with Crippen LogP contribution in [-0.2, 0) is 5.41 Å². The van der Waals surface area contributed by atoms with Crippen LogP contribution in [-0.4, -0.2) is 70.3 Å². The van der Waals surface area contributed by atoms with E-state index < -0.39 is 5.60 Å². The van der Waals surface area contributed by atoms with E-state index in [0.717, 1.165) is 18.5 Å². The zero-order chi connectivity index (χ0) is 17.3. The maximum Gasteiger partial charge on any atom is 0.274 e. The van der Waals surface area contributed by atoms with Crippen LogP contribution < -0.4 is 0 Å². The highest BCUT2D eigenvalue weighted by atomic mass is 16.3. The Bertz CT molecular complexity index is 547. The Balaban J connectivity index is 2.05. The molecule has 130 valence electrons. The predicted molar refractivity (Wildman–Crippen MR) is 90.5 cm³/mol. The van der Waals surface area contributed by atoms with E-state index >= 15 is 0 Å². The van der Waals surface area contributed by atoms with Crippen molar-refractivity contribution in [3.8, 4) is 0 Å². The first kappa shape index (κ1) is 17.9. The smallest absolute Gasteiger partial charge is 0.274 e. The molecule has 1 saturated heterocycles. The van der Waals surface area contributed by atoms with E-state index in [0.29, 0.717) is 31.7 Å². The van der Waals surface area contributed by atoms with Gasteiger partial charge in [-0.1, -0.05) is 20.8 Å². The number of carbonyl (C=O) groups is 1. The number of likely N-dealkylation sites (N-methyl/N-ethyl adjacent to an activating group) is 1. The number of hydrogen-bond donors (Lipinski definition) is 2. The molecule has 1 aliphatic heterocycles. The summed E-state index contributed by atoms with van der Waals surface area (Å²) in [5.74, 6) is -0.0501. The fourth-order valence-electron chi connectivity index (χ4n) is 3.11. The number of aliphatic hydroxyl groups is 1. The van der Waals surface area contributed by atoms with Crippen LogP contribution in [0.3, 0.4) is 0 Å². The second-order valence-electron chi connectivity index (χ2n) is 8.02. The molecule has 0 radical (unpaired) electrons. The van der Waals surface area contributed by atoms with Crippen LogP contribution in [0.1, 0.15) is 56.2 Å². The zero-order valence-corrected chi connectivity index (χ0v) is 15.0. The Kier molecular flexibility index (Phi) is 5.16. The standard InChI is InChI=1S/C17H30N4O2/c1-16(2,3)14-11-13(18-19-14)15(22)21-9-6-7-17(23,8-10-21)12-20(4)5/h11,23H,6-10,12H2,1-5H3,(H,18,19)/t17-/m0/s1. The van der Waals surface area contributed by atoms with Crippen LogP contribution in [0.4, 0.5) is 0 Å². The summed E-state index contributed by atoms with van der Waals surface area (Å²) < 4.78 is 0. The van der Waals surface area contributed by atoms with E-state index in [2.05, 4.69) is 31.0 Å². The summed E-state index contributed by atoms with van der Waals surface area (Å²) in [5.41, 5.74) is 0.657. The zero-order valence-electron chi connectivity index (χ0n) is 15.0. The molecule has 2 rings (SSSR count). The Hall–Kier alpha value is -1.40. The third-order valence-corrected chi connectivity index (χ3v) is 4.42. The third kappa shape index (κ3) is 4.54. The highest BCUT2D eigenvalue weighted by Crippen LogP contribution is 2.25. The SMILES string of the molecule is CN(C)C[C@]1(O)CCCN(C(=O)c2cc(C(C)(C)C)[nH]n2)CC1. The van der Waals surface area contributed by atoms with Crippen LogP contribution in [0, 0.1) is 0 Å². The van der Waals surface area contributed by atoms with Crippen molar-refractivity contribution >= 4 is 5.91 Å². The van der Waals surface area contributed by atoms with Crippen LogP contribution in [0.15, 0.2) is 6.07 Å². The number of rotatable bonds is 3. The van der Waals surface area contributed by atoms with E-state index in [-0.39, 0.29) is 11.3 Å². The lowest BCUT2D eigenvalue weighted by atomic mass is 9.92. The molecule has 0 aliphatic carbocycles. The molecular formula is C17H30N4O2. The molecule has 0 bridgehead atoms. The van der Waals surface area contributed by atoms with Gasteiger partial charge in [0, 0.05) is 30.7 Å². The predicted octanol–water partition coefficient (Wildman–Crippen LogP) is 1.63. The first-order chi connectivity index (χ1) is 10.6. The minimum atomic E-state index is -0.708. The topological polar surface area (TPSA) is 72.5 Å². The number of aromatic amines is 1. The van der Waals surface area contributed by atoms with Crippen molar-refractivity contribution in [1.82, 2.24) is 20.0 Å². The van der Waals surface area contributed by atoms with Crippen LogP contribution >= 0.6 is 0 Å². The summed E-state index contributed by atoms with van der Waals surface area (Å²) in [6.07, 6.45) is 2.14. The first-order valence-corrected chi connectivity index (χ1v) is 8.33. The molecule has 0 saturated carbocycles. The largest absolute Gasteiger partial charge is 0.388 e. The van der Waals surface area contributed by atoms with Crippen molar-refractivity contribution in [3.63, 3.8) is 0 Å². The molecule has 2 N–H and O–H groups in total. The monoisotopic (exact) mass is 322 g/mol. The van der Waals surface area contributed by atoms with E-state index in [1.54, 1.807) is 0 Å². The molecule has 1 aromatic heterocycles. The van der Waals surface area contributed by atoms with E-state index in [1.165, 1.54) is 0 Å². The van der Waals surface area contributed by atoms with Gasteiger partial charge < -0.3 is 14.9 Å². The van der Waals surface area contributed by atoms with Gasteiger partial charge in [0.2, 0.25) is 0 Å². The van der Waals surface area contributed by atoms with E-state index in [9.17, 15) is 9.90 Å². The molecule has 0 aromatic carbocycles. The van der Waals surface area contributed by atoms with Gasteiger partial charge in [-0.2, -0.15) is 5.10 Å². The molecule has 23 heavy (non-hydrogen) atoms. The number of nitrogens with zero attached hydrogens (tertiary/aromatic N) is 3. The molecule has 2 heterocycles. The van der Waals surface area contributed by atoms with Gasteiger partial charge in [0.15, 0.2) is 0 Å². The van der Waals surface area contributed by atoms with Gasteiger partial charge in [0.05, 0.1) is 5.60 Å². The molecular weight excluding hydrogens is 292 g/mol. The van der Waals surface area contributed by atoms with Crippen molar-refractivity contribution < 1.29 is 9.90 Å². The number of hydrogen-bond acceptors (Lipinski definition) is 4. The number of nitrogens with one attached hydrogen (secondary N) is 1. The quantitative estimate of drug-likeness (QED) is 0.887. The number of carbonyl (C=O) groups excluding carboxylic acids is 1. The van der Waals surface area contributed by atoms with Gasteiger partial charge in [-0.25, -0.2) is 0 Å². The average Bonchev–Trinajstić information content (AvgIpc) is 2.83. The molecule has 1 atom stereocenters. The lowest BCUT2D eigenvalue weighted by Crippen LogP contribution is -2.41. The van der Waals surface area contributed by atoms with Crippen LogP contribution in [0.5, 0.6) is 0 Å². The van der Waals surface area contributed by atoms with Gasteiger partial charge in [-0.05, 0) is 39.4 Å². The fourth-order valence-corrected chi connectivity index (χ4v) is 3.11. The molecule has 1 aliphatic rings. The van der Waals surface area contributed by atoms with Gasteiger partial charge in [-0.3, -0.25) is 9.89 Å². The highest BCUT2D eigenvalue weighted by Gasteiger charge is 2.33. The average molecular weight is 322 g/mol. The highest BCUT2D eigenvalue weighted by molar-refractivity contribution is 5.92. The van der Waals surface area contributed by atoms with E-state index in [4.69, 9.17) is 0 Å². The maximum atomic E-state index is 12.7. The van der Waals surface area contributed by atoms with Crippen molar-refractivity contribution in [1.29, 1.82) is 0 Å². The molecule has 6 nitrogen and oxygen atoms in total. The van der Waals surface area contributed by atoms with Crippen LogP contribution in [0.2, 0.25) is 0 Å². The number of H-pyrrole nitrogens is 1. The summed E-state index contributed by atoms with van der Waals surface area (Å²) >= 11 is 0. The fraction of sp³-hybridized carbons (Fsp3) is 0.765. The van der Waals surface area contributed by atoms with Crippen LogP contribution in [0.25, 0.3) is 0 Å². The number of amides is 1. The maximum absolute atomic E-state index is 12.7. The molecule has 6 heteroatoms. The van der Waals surface area contributed by atoms with Crippen molar-refractivity contribution in [2.24, 2.45) is 0 Å². The van der Waals surface area contributed by atoms with Crippen molar-refractivity contribution in [3.05, 3.63) is 17.5 Å². The number of aromatic nitrogens is 2. The first-order valence-electron chi connectivity index (χ1n) is 8.33. The van der Waals surface area contributed by atoms with Crippen molar-refractivity contribution in [2.45, 2.75) is 51.0 Å². The minimum absolute atomic E-state index is 0.0501. The van der Waals surface area contributed by atoms with Gasteiger partial charge in [0.1, 0.15) is 5.69 Å². The summed E-state index contributed by atoms with van der Waals surface area (Å²) in [6.45, 7) is 8.13. The Morgan fingerprint density at radius 2 is 2.09 bits per heavy atom. The Labute approximate surface area is 138 Å². The second kappa shape index (κ2) is 6.61. The normalized spacial score (nSPS) is 23.2. The third-order valence-electron chi connectivity index (χ3n) is 4.42. The molecule has 0 spiro atoms. The Morgan fingerprint density at radius 1 is 1.39 bits per heavy atom. The molecule has 1 amide bonds. The summed E-state index contributed by atoms with van der Waals surface area (Å²) in [6, 6.07) is 1.85. The summed E-state index contributed by atoms with van der Waals surface area (Å²) in [5, 5.41) is 17.9. The lowest BCUT2D eigenvalue weighted by Gasteiger charge is -2.29. The van der Waals surface area contributed by atoms with Gasteiger partial charge in [-0.15, -0.1) is 0 Å². The van der Waals surface area contributed by atoms with Gasteiger partial charge >= 0.3 is 0 Å². The minimum Gasteiger partial charge on any atom is -0.388 e. The molecule has 1 fully saturated rings. The summed E-state index contributed by atoms with van der Waals surface area (Å²) in [4.78, 5) is 16.5. The molecule has 1 aromatic rings. The van der Waals surface area contributed by atoms with E-state index in [1.807, 2.05) is 30.0 Å². The lowest BCUT2D eigenvalue weighted by molar-refractivity contribution is 0.00303. The Morgan fingerprint density at radius 3 is 2.65 bits per heavy atom. The van der Waals surface area contributed by atoms with Gasteiger partial charge in [0.25, 0.3) is 5.91 Å². The second-order valence-corrected chi connectivity index (χ2v) is 8.02. The number of likely N-dealkylation sites (tertiary alicyclic amines) is 1.